The van der Waals surface area contributed by atoms with Gasteiger partial charge in [-0.05, 0) is 150 Å². The van der Waals surface area contributed by atoms with Crippen LogP contribution >= 0.6 is 0 Å². The quantitative estimate of drug-likeness (QED) is 0.0584. The van der Waals surface area contributed by atoms with Gasteiger partial charge in [-0.15, -0.1) is 0 Å². The lowest BCUT2D eigenvalue weighted by Gasteiger charge is -2.17. The number of aliphatic hydroxyl groups is 1. The molecular weight excluding hydrogens is 1380 g/mol. The fourth-order valence-corrected chi connectivity index (χ4v) is 13.1. The van der Waals surface area contributed by atoms with Gasteiger partial charge in [-0.25, -0.2) is 19.2 Å². The Bertz CT molecular complexity index is 3910. The van der Waals surface area contributed by atoms with Crippen LogP contribution in [0.25, 0.3) is 6.08 Å². The molecular formula is C77H96N12O18. The van der Waals surface area contributed by atoms with Crippen molar-refractivity contribution in [1.82, 2.24) is 59.3 Å². The SMILES string of the molecule is CN1CC(Cc2ccccn2)C[C@H]1C(=O)O.COC(=O)[C@@H]1C/C(=C\c2ccccn2)C(=O)N1C.COC(=O)[C@@H]1CC(C(O)c2ccccn2)C(=O)N1C.COC(=O)[C@@H]1CC(Cc2ccccn2)C(=O)N1C.COC(=O)[C@@H]1CC(Cc2ccccn2)CN1C.COC(=O)[C@@H]1CCC(=O)N1C.O=Cc1ccccn1. The minimum atomic E-state index is -1.01. The third-order valence-electron chi connectivity index (χ3n) is 19.0. The Morgan fingerprint density at radius 1 is 0.467 bits per heavy atom. The number of pyridine rings is 6. The van der Waals surface area contributed by atoms with Crippen LogP contribution in [0.4, 0.5) is 0 Å². The predicted octanol–water partition coefficient (Wildman–Crippen LogP) is 4.47. The van der Waals surface area contributed by atoms with E-state index in [1.807, 2.05) is 98.0 Å². The number of carboxylic acid groups (broad SMARTS) is 1. The van der Waals surface area contributed by atoms with Crippen LogP contribution in [-0.4, -0.2) is 262 Å². The number of aromatic nitrogens is 6. The van der Waals surface area contributed by atoms with Gasteiger partial charge in [-0.1, -0.05) is 36.4 Å². The van der Waals surface area contributed by atoms with E-state index in [-0.39, 0.29) is 72.0 Å². The Morgan fingerprint density at radius 3 is 1.31 bits per heavy atom. The molecule has 4 amide bonds. The molecule has 572 valence electrons. The highest BCUT2D eigenvalue weighted by Gasteiger charge is 2.46. The van der Waals surface area contributed by atoms with E-state index in [1.54, 1.807) is 94.6 Å². The number of aldehydes is 1. The van der Waals surface area contributed by atoms with Gasteiger partial charge in [0.25, 0.3) is 0 Å². The molecule has 0 bridgehead atoms. The van der Waals surface area contributed by atoms with Crippen LogP contribution in [0.5, 0.6) is 0 Å². The van der Waals surface area contributed by atoms with Gasteiger partial charge in [0.15, 0.2) is 6.29 Å². The number of rotatable bonds is 16. The number of aliphatic carboxylic acids is 1. The smallest absolute Gasteiger partial charge is 0.328 e. The maximum atomic E-state index is 12.1. The number of carbonyl (C=O) groups is 11. The summed E-state index contributed by atoms with van der Waals surface area (Å²) in [6, 6.07) is 30.8. The molecule has 30 nitrogen and oxygen atoms in total. The van der Waals surface area contributed by atoms with Crippen molar-refractivity contribution in [3.8, 4) is 0 Å². The standard InChI is InChI=1S/C13H16N2O4.C13H16N2O3.C13H14N2O3.C13H18N2O2.C12H16N2O2.C7H11NO3.C6H5NO/c1-15-10(13(18)19-2)7-8(12(15)17)11(16)9-5-3-4-6-14-9;2*1-15-11(13(17)18-2)8-9(12(15)16)7-10-5-3-4-6-14-10;1-15-9-10(8-12(15)13(16)17-2)7-11-5-3-4-6-14-11;1-14-8-9(7-11(14)12(15)16)6-10-4-2-3-5-13-10;1-8-5(7(10)11-2)3-4-6(8)9;8-5-6-3-1-2-4-7-6/h3-6,8,10-11,16H,7H2,1-2H3;3-6,9,11H,7-8H2,1-2H3;3-7,11H,8H2,1-2H3;3-6,10,12H,7-9H2,1-2H3;2-5,9,11H,6-8H2,1H3,(H,15,16);5H,3-4H2,1-2H3;1-5H/b;;9-7+;;;;/t8?,10-,11?;9?,11-;11-;10?,12-;9?,11-;5-;/m000000./s1. The first-order valence-corrected chi connectivity index (χ1v) is 34.6. The summed E-state index contributed by atoms with van der Waals surface area (Å²) in [5, 5.41) is 19.2. The lowest BCUT2D eigenvalue weighted by atomic mass is 9.96. The molecule has 11 atom stereocenters. The van der Waals surface area contributed by atoms with Crippen molar-refractivity contribution < 1.29 is 86.6 Å². The van der Waals surface area contributed by atoms with Gasteiger partial charge in [0.05, 0.1) is 52.9 Å². The molecule has 0 aromatic carbocycles. The number of hydrogen-bond acceptors (Lipinski definition) is 25. The second-order valence-electron chi connectivity index (χ2n) is 26.0. The highest BCUT2D eigenvalue weighted by atomic mass is 16.5. The van der Waals surface area contributed by atoms with Gasteiger partial charge in [0.2, 0.25) is 23.6 Å². The molecule has 6 fully saturated rings. The van der Waals surface area contributed by atoms with Crippen molar-refractivity contribution in [3.63, 3.8) is 0 Å². The van der Waals surface area contributed by atoms with Crippen LogP contribution in [0.15, 0.2) is 152 Å². The zero-order valence-corrected chi connectivity index (χ0v) is 62.1. The summed E-state index contributed by atoms with van der Waals surface area (Å²) in [4.78, 5) is 159. The molecule has 6 aliphatic rings. The van der Waals surface area contributed by atoms with Gasteiger partial charge in [0.1, 0.15) is 48.0 Å². The molecule has 2 N–H and O–H groups in total. The number of carboxylic acids is 1. The van der Waals surface area contributed by atoms with Crippen molar-refractivity contribution in [3.05, 3.63) is 186 Å². The zero-order chi connectivity index (χ0) is 78.3. The van der Waals surface area contributed by atoms with Crippen molar-refractivity contribution in [2.45, 2.75) is 107 Å². The second kappa shape index (κ2) is 42.7. The molecule has 5 unspecified atom stereocenters. The maximum Gasteiger partial charge on any atom is 0.328 e. The molecule has 6 aliphatic heterocycles. The van der Waals surface area contributed by atoms with Gasteiger partial charge in [-0.2, -0.15) is 0 Å². The van der Waals surface area contributed by atoms with E-state index in [9.17, 15) is 57.8 Å². The summed E-state index contributed by atoms with van der Waals surface area (Å²) in [7, 11) is 17.0. The summed E-state index contributed by atoms with van der Waals surface area (Å²) < 4.78 is 23.4. The summed E-state index contributed by atoms with van der Waals surface area (Å²) in [6.45, 7) is 1.77. The molecule has 0 spiro atoms. The van der Waals surface area contributed by atoms with Gasteiger partial charge in [0, 0.05) is 126 Å². The zero-order valence-electron chi connectivity index (χ0n) is 62.1. The first-order valence-electron chi connectivity index (χ1n) is 34.6. The number of methoxy groups -OCH3 is 5. The molecule has 6 aromatic heterocycles. The number of amides is 4. The van der Waals surface area contributed by atoms with E-state index in [4.69, 9.17) is 14.6 Å². The Hall–Kier alpha value is -11.1. The Balaban J connectivity index is 0.000000198. The largest absolute Gasteiger partial charge is 0.480 e. The Morgan fingerprint density at radius 2 is 0.888 bits per heavy atom. The lowest BCUT2D eigenvalue weighted by molar-refractivity contribution is -0.148. The number of likely N-dealkylation sites (tertiary alicyclic amines) is 6. The molecule has 6 aromatic rings. The Kier molecular flexibility index (Phi) is 33.9. The first-order chi connectivity index (χ1) is 51.3. The van der Waals surface area contributed by atoms with E-state index in [2.05, 4.69) is 49.0 Å². The van der Waals surface area contributed by atoms with Crippen LogP contribution in [0.1, 0.15) is 90.0 Å². The van der Waals surface area contributed by atoms with E-state index < -0.39 is 48.1 Å². The van der Waals surface area contributed by atoms with Crippen LogP contribution in [-0.2, 0) is 90.9 Å². The van der Waals surface area contributed by atoms with Gasteiger partial charge < -0.3 is 53.5 Å². The molecule has 6 saturated heterocycles. The fourth-order valence-electron chi connectivity index (χ4n) is 13.1. The molecule has 0 aliphatic carbocycles. The molecule has 0 saturated carbocycles. The molecule has 12 rings (SSSR count). The highest BCUT2D eigenvalue weighted by molar-refractivity contribution is 6.03. The Labute approximate surface area is 622 Å². The van der Waals surface area contributed by atoms with Crippen molar-refractivity contribution in [2.75, 3.05) is 90.9 Å². The van der Waals surface area contributed by atoms with Crippen molar-refractivity contribution >= 4 is 71.8 Å². The number of carbonyl (C=O) groups excluding carboxylic acids is 10. The topological polar surface area (TPSA) is 371 Å². The number of likely N-dealkylation sites (N-methyl/N-ethyl adjacent to an activating group) is 6. The van der Waals surface area contributed by atoms with Gasteiger partial charge >= 0.3 is 35.8 Å². The molecule has 30 heteroatoms. The monoisotopic (exact) mass is 1480 g/mol. The summed E-state index contributed by atoms with van der Waals surface area (Å²) in [5.74, 6) is -2.77. The minimum absolute atomic E-state index is 0.0143. The van der Waals surface area contributed by atoms with Gasteiger partial charge in [-0.3, -0.25) is 73.3 Å². The van der Waals surface area contributed by atoms with E-state index in [0.717, 1.165) is 62.1 Å². The molecule has 0 radical (unpaired) electrons. The number of aliphatic hydroxyl groups excluding tert-OH is 1. The van der Waals surface area contributed by atoms with E-state index in [0.29, 0.717) is 66.6 Å². The van der Waals surface area contributed by atoms with E-state index >= 15 is 0 Å². The van der Waals surface area contributed by atoms with Crippen LogP contribution in [0, 0.1) is 23.7 Å². The normalized spacial score (nSPS) is 22.7. The lowest BCUT2D eigenvalue weighted by Crippen LogP contribution is -2.36. The third-order valence-corrected chi connectivity index (χ3v) is 19.0. The van der Waals surface area contributed by atoms with Crippen molar-refractivity contribution in [1.29, 1.82) is 0 Å². The fraction of sp³-hybridized carbons (Fsp3) is 0.442. The van der Waals surface area contributed by atoms with Crippen LogP contribution in [0.3, 0.4) is 0 Å². The second-order valence-corrected chi connectivity index (χ2v) is 26.0. The minimum Gasteiger partial charge on any atom is -0.480 e. The summed E-state index contributed by atoms with van der Waals surface area (Å²) in [6.07, 6.45) is 17.6. The number of esters is 5. The number of ether oxygens (including phenoxy) is 5. The van der Waals surface area contributed by atoms with Crippen molar-refractivity contribution in [2.24, 2.45) is 23.7 Å². The average Bonchev–Trinajstić information content (AvgIpc) is 1.65. The predicted molar refractivity (Wildman–Crippen MR) is 388 cm³/mol. The summed E-state index contributed by atoms with van der Waals surface area (Å²) in [5.41, 5.74) is 5.21. The summed E-state index contributed by atoms with van der Waals surface area (Å²) >= 11 is 0. The van der Waals surface area contributed by atoms with Crippen LogP contribution < -0.4 is 0 Å². The third kappa shape index (κ3) is 24.7. The number of nitrogens with zero attached hydrogens (tertiary/aromatic N) is 12. The average molecular weight is 1480 g/mol. The van der Waals surface area contributed by atoms with E-state index in [1.165, 1.54) is 62.2 Å². The highest BCUT2D eigenvalue weighted by Crippen LogP contribution is 2.34. The first kappa shape index (κ1) is 84.8. The van der Waals surface area contributed by atoms with Crippen LogP contribution in [0.2, 0.25) is 0 Å². The molecule has 107 heavy (non-hydrogen) atoms. The molecule has 12 heterocycles. The maximum absolute atomic E-state index is 12.1. The number of hydrogen-bond donors (Lipinski definition) is 2.